The number of nitrogens with zero attached hydrogens (tertiary/aromatic N) is 2. The van der Waals surface area contributed by atoms with Gasteiger partial charge in [0.05, 0.1) is 6.61 Å². The van der Waals surface area contributed by atoms with Crippen LogP contribution in [0, 0.1) is 19.3 Å². The van der Waals surface area contributed by atoms with E-state index in [1.165, 1.54) is 5.56 Å². The van der Waals surface area contributed by atoms with Crippen LogP contribution in [0.25, 0.3) is 0 Å². The van der Waals surface area contributed by atoms with Crippen LogP contribution in [0.3, 0.4) is 0 Å². The maximum Gasteiger partial charge on any atom is 0.254 e. The summed E-state index contributed by atoms with van der Waals surface area (Å²) in [5.41, 5.74) is 3.48. The Morgan fingerprint density at radius 1 is 1.19 bits per heavy atom. The Hall–Kier alpha value is -2.20. The lowest BCUT2D eigenvalue weighted by atomic mass is 9.70. The number of hydrogen-bond acceptors (Lipinski definition) is 3. The molecule has 0 saturated carbocycles. The first-order chi connectivity index (χ1) is 12.5. The molecule has 0 aliphatic carbocycles. The van der Waals surface area contributed by atoms with Crippen molar-refractivity contribution in [3.63, 3.8) is 0 Å². The predicted molar refractivity (Wildman–Crippen MR) is 101 cm³/mol. The molecule has 0 spiro atoms. The molecule has 1 aromatic heterocycles. The number of aliphatic hydroxyl groups is 1. The smallest absolute Gasteiger partial charge is 0.254 e. The van der Waals surface area contributed by atoms with Crippen molar-refractivity contribution in [1.82, 2.24) is 9.88 Å². The number of aryl methyl sites for hydroxylation is 2. The number of hydrogen-bond donors (Lipinski definition) is 1. The highest BCUT2D eigenvalue weighted by molar-refractivity contribution is 5.95. The highest BCUT2D eigenvalue weighted by Crippen LogP contribution is 2.51. The summed E-state index contributed by atoms with van der Waals surface area (Å²) < 4.78 is 0. The van der Waals surface area contributed by atoms with Crippen LogP contribution in [-0.2, 0) is 6.42 Å². The van der Waals surface area contributed by atoms with Gasteiger partial charge in [0.2, 0.25) is 0 Å². The summed E-state index contributed by atoms with van der Waals surface area (Å²) in [6.45, 7) is 3.98. The summed E-state index contributed by atoms with van der Waals surface area (Å²) in [6, 6.07) is 14.4. The Kier molecular flexibility index (Phi) is 4.31. The Morgan fingerprint density at radius 2 is 1.88 bits per heavy atom. The van der Waals surface area contributed by atoms with E-state index in [0.717, 1.165) is 42.6 Å². The molecule has 136 valence electrons. The van der Waals surface area contributed by atoms with Crippen molar-refractivity contribution in [3.05, 3.63) is 65.0 Å². The molecule has 0 radical (unpaired) electrons. The maximum atomic E-state index is 13.3. The highest BCUT2D eigenvalue weighted by atomic mass is 16.3. The van der Waals surface area contributed by atoms with Crippen molar-refractivity contribution in [2.24, 2.45) is 5.41 Å². The van der Waals surface area contributed by atoms with Gasteiger partial charge >= 0.3 is 0 Å². The van der Waals surface area contributed by atoms with Crippen LogP contribution in [-0.4, -0.2) is 39.6 Å². The van der Waals surface area contributed by atoms with E-state index in [1.807, 2.05) is 44.2 Å². The van der Waals surface area contributed by atoms with Crippen molar-refractivity contribution in [1.29, 1.82) is 0 Å². The number of pyridine rings is 1. The van der Waals surface area contributed by atoms with Crippen molar-refractivity contribution < 1.29 is 9.90 Å². The fraction of sp³-hybridized carbons (Fsp3) is 0.455. The molecule has 2 aliphatic rings. The second-order valence-electron chi connectivity index (χ2n) is 7.98. The van der Waals surface area contributed by atoms with Crippen LogP contribution < -0.4 is 0 Å². The third kappa shape index (κ3) is 2.82. The molecule has 4 rings (SSSR count). The van der Waals surface area contributed by atoms with Gasteiger partial charge in [-0.2, -0.15) is 0 Å². The van der Waals surface area contributed by atoms with Crippen molar-refractivity contribution in [2.75, 3.05) is 6.61 Å². The van der Waals surface area contributed by atoms with Gasteiger partial charge < -0.3 is 10.0 Å². The zero-order valence-electron chi connectivity index (χ0n) is 15.5. The minimum Gasteiger partial charge on any atom is -0.396 e. The number of amides is 1. The molecule has 3 atom stereocenters. The van der Waals surface area contributed by atoms with Crippen LogP contribution in [0.5, 0.6) is 0 Å². The lowest BCUT2D eigenvalue weighted by Gasteiger charge is -2.36. The minimum atomic E-state index is -0.225. The molecule has 26 heavy (non-hydrogen) atoms. The molecule has 3 heterocycles. The van der Waals surface area contributed by atoms with Crippen LogP contribution in [0.2, 0.25) is 0 Å². The second kappa shape index (κ2) is 6.51. The molecule has 0 unspecified atom stereocenters. The normalized spacial score (nSPS) is 27.1. The van der Waals surface area contributed by atoms with Crippen molar-refractivity contribution in [3.8, 4) is 0 Å². The number of benzene rings is 1. The lowest BCUT2D eigenvalue weighted by Crippen LogP contribution is -2.44. The van der Waals surface area contributed by atoms with Gasteiger partial charge in [0.15, 0.2) is 0 Å². The summed E-state index contributed by atoms with van der Waals surface area (Å²) in [7, 11) is 0. The fourth-order valence-electron chi connectivity index (χ4n) is 5.12. The SMILES string of the molecule is Cc1cc(C(=O)N2[C@H]3CC[C@@H]2[C@@](CO)(Cc2ccccc2)C3)cc(C)n1. The van der Waals surface area contributed by atoms with Crippen molar-refractivity contribution >= 4 is 5.91 Å². The molecule has 1 aromatic carbocycles. The molecule has 2 fully saturated rings. The summed E-state index contributed by atoms with van der Waals surface area (Å²) in [5, 5.41) is 10.3. The molecule has 2 bridgehead atoms. The number of aliphatic hydroxyl groups excluding tert-OH is 1. The largest absolute Gasteiger partial charge is 0.396 e. The standard InChI is InChI=1S/C22H26N2O2/c1-15-10-18(11-16(2)23-15)21(26)24-19-8-9-20(24)22(13-19,14-25)12-17-6-4-3-5-7-17/h3-7,10-11,19-20,25H,8-9,12-14H2,1-2H3/t19-,20+,22-/m0/s1. The van der Waals surface area contributed by atoms with E-state index in [9.17, 15) is 9.90 Å². The van der Waals surface area contributed by atoms with Crippen molar-refractivity contribution in [2.45, 2.75) is 51.6 Å². The monoisotopic (exact) mass is 350 g/mol. The van der Waals surface area contributed by atoms with E-state index in [0.29, 0.717) is 0 Å². The van der Waals surface area contributed by atoms with Gasteiger partial charge in [0.1, 0.15) is 0 Å². The Morgan fingerprint density at radius 3 is 2.54 bits per heavy atom. The van der Waals surface area contributed by atoms with Gasteiger partial charge in [-0.1, -0.05) is 30.3 Å². The summed E-state index contributed by atoms with van der Waals surface area (Å²) >= 11 is 0. The predicted octanol–water partition coefficient (Wildman–Crippen LogP) is 3.30. The summed E-state index contributed by atoms with van der Waals surface area (Å²) in [6.07, 6.45) is 3.73. The van der Waals surface area contributed by atoms with Gasteiger partial charge in [-0.05, 0) is 57.2 Å². The number of carbonyl (C=O) groups excluding carboxylic acids is 1. The Labute approximate surface area is 154 Å². The lowest BCUT2D eigenvalue weighted by molar-refractivity contribution is 0.0571. The molecule has 2 aromatic rings. The topological polar surface area (TPSA) is 53.4 Å². The van der Waals surface area contributed by atoms with E-state index in [1.54, 1.807) is 0 Å². The summed E-state index contributed by atoms with van der Waals surface area (Å²) in [5.74, 6) is 0.0921. The number of rotatable bonds is 4. The average Bonchev–Trinajstić information content (AvgIpc) is 3.17. The zero-order valence-corrected chi connectivity index (χ0v) is 15.5. The first kappa shape index (κ1) is 17.2. The number of aromatic nitrogens is 1. The summed E-state index contributed by atoms with van der Waals surface area (Å²) in [4.78, 5) is 19.7. The van der Waals surface area contributed by atoms with Crippen LogP contribution in [0.15, 0.2) is 42.5 Å². The molecular weight excluding hydrogens is 324 g/mol. The molecule has 2 aliphatic heterocycles. The first-order valence-corrected chi connectivity index (χ1v) is 9.45. The third-order valence-electron chi connectivity index (χ3n) is 6.13. The fourth-order valence-corrected chi connectivity index (χ4v) is 5.12. The van der Waals surface area contributed by atoms with E-state index in [-0.39, 0.29) is 30.0 Å². The van der Waals surface area contributed by atoms with E-state index >= 15 is 0 Å². The molecule has 4 heteroatoms. The average molecular weight is 350 g/mol. The maximum absolute atomic E-state index is 13.3. The van der Waals surface area contributed by atoms with Gasteiger partial charge in [-0.15, -0.1) is 0 Å². The highest BCUT2D eigenvalue weighted by Gasteiger charge is 2.57. The van der Waals surface area contributed by atoms with Crippen LogP contribution in [0.1, 0.15) is 46.6 Å². The minimum absolute atomic E-state index is 0.0921. The Balaban J connectivity index is 1.64. The molecule has 2 saturated heterocycles. The van der Waals surface area contributed by atoms with Crippen LogP contribution in [0.4, 0.5) is 0 Å². The molecule has 1 N–H and O–H groups in total. The van der Waals surface area contributed by atoms with E-state index < -0.39 is 0 Å². The van der Waals surface area contributed by atoms with Crippen LogP contribution >= 0.6 is 0 Å². The van der Waals surface area contributed by atoms with Gasteiger partial charge in [-0.3, -0.25) is 9.78 Å². The first-order valence-electron chi connectivity index (χ1n) is 9.45. The van der Waals surface area contributed by atoms with E-state index in [2.05, 4.69) is 22.0 Å². The Bertz CT molecular complexity index is 800. The number of carbonyl (C=O) groups is 1. The number of fused-ring (bicyclic) bond motifs is 2. The quantitative estimate of drug-likeness (QED) is 0.920. The zero-order chi connectivity index (χ0) is 18.3. The van der Waals surface area contributed by atoms with Gasteiger partial charge in [0, 0.05) is 34.4 Å². The van der Waals surface area contributed by atoms with E-state index in [4.69, 9.17) is 0 Å². The molecular formula is C22H26N2O2. The third-order valence-corrected chi connectivity index (χ3v) is 6.13. The molecule has 4 nitrogen and oxygen atoms in total. The van der Waals surface area contributed by atoms with Gasteiger partial charge in [0.25, 0.3) is 5.91 Å². The van der Waals surface area contributed by atoms with Gasteiger partial charge in [-0.25, -0.2) is 0 Å². The second-order valence-corrected chi connectivity index (χ2v) is 7.98. The molecule has 1 amide bonds.